The van der Waals surface area contributed by atoms with E-state index in [1.165, 1.54) is 0 Å². The van der Waals surface area contributed by atoms with Crippen molar-refractivity contribution >= 4 is 15.9 Å². The summed E-state index contributed by atoms with van der Waals surface area (Å²) >= 11 is 3.39. The van der Waals surface area contributed by atoms with Gasteiger partial charge in [0, 0.05) is 17.1 Å². The number of hydrogen-bond acceptors (Lipinski definition) is 5. The number of aromatic nitrogens is 1. The van der Waals surface area contributed by atoms with Gasteiger partial charge in [-0.15, -0.1) is 0 Å². The fourth-order valence-electron chi connectivity index (χ4n) is 1.40. The maximum Gasteiger partial charge on any atom is 0.254 e. The van der Waals surface area contributed by atoms with Gasteiger partial charge in [-0.3, -0.25) is 0 Å². The van der Waals surface area contributed by atoms with E-state index in [0.29, 0.717) is 24.9 Å². The zero-order valence-electron chi connectivity index (χ0n) is 10.6. The van der Waals surface area contributed by atoms with Crippen molar-refractivity contribution < 1.29 is 14.0 Å². The smallest absolute Gasteiger partial charge is 0.254 e. The third-order valence-corrected chi connectivity index (χ3v) is 2.81. The second kappa shape index (κ2) is 7.16. The Kier molecular flexibility index (Phi) is 5.23. The van der Waals surface area contributed by atoms with Crippen LogP contribution in [0.2, 0.25) is 0 Å². The molecule has 0 spiro atoms. The lowest BCUT2D eigenvalue weighted by Crippen LogP contribution is -2.15. The highest BCUT2D eigenvalue weighted by atomic mass is 79.9. The standard InChI is InChI=1S/C13H15BrN2O3/c1-15-5-6-17-13-8-12(19-16-13)9-18-11-4-2-3-10(14)7-11/h2-4,7-8,15H,5-6,9H2,1H3. The fraction of sp³-hybridized carbons (Fsp3) is 0.308. The summed E-state index contributed by atoms with van der Waals surface area (Å²) in [6.45, 7) is 1.63. The van der Waals surface area contributed by atoms with Gasteiger partial charge in [-0.2, -0.15) is 0 Å². The van der Waals surface area contributed by atoms with Crippen LogP contribution in [0.3, 0.4) is 0 Å². The molecular formula is C13H15BrN2O3. The first-order valence-electron chi connectivity index (χ1n) is 5.89. The van der Waals surface area contributed by atoms with Crippen molar-refractivity contribution in [2.75, 3.05) is 20.2 Å². The lowest BCUT2D eigenvalue weighted by atomic mass is 10.3. The summed E-state index contributed by atoms with van der Waals surface area (Å²) in [6, 6.07) is 9.35. The summed E-state index contributed by atoms with van der Waals surface area (Å²) < 4.78 is 17.0. The molecule has 19 heavy (non-hydrogen) atoms. The molecule has 0 unspecified atom stereocenters. The highest BCUT2D eigenvalue weighted by Gasteiger charge is 2.06. The molecule has 1 N–H and O–H groups in total. The van der Waals surface area contributed by atoms with E-state index in [9.17, 15) is 0 Å². The lowest BCUT2D eigenvalue weighted by Gasteiger charge is -2.03. The molecule has 5 nitrogen and oxygen atoms in total. The van der Waals surface area contributed by atoms with Crippen molar-refractivity contribution in [3.63, 3.8) is 0 Å². The van der Waals surface area contributed by atoms with Crippen LogP contribution in [0.1, 0.15) is 5.76 Å². The van der Waals surface area contributed by atoms with Gasteiger partial charge in [0.15, 0.2) is 5.76 Å². The zero-order valence-corrected chi connectivity index (χ0v) is 12.1. The van der Waals surface area contributed by atoms with Crippen LogP contribution in [-0.2, 0) is 6.61 Å². The van der Waals surface area contributed by atoms with E-state index in [1.807, 2.05) is 31.3 Å². The van der Waals surface area contributed by atoms with Crippen LogP contribution in [0.4, 0.5) is 0 Å². The molecule has 0 bridgehead atoms. The fourth-order valence-corrected chi connectivity index (χ4v) is 1.78. The Morgan fingerprint density at radius 1 is 1.32 bits per heavy atom. The van der Waals surface area contributed by atoms with Gasteiger partial charge < -0.3 is 19.3 Å². The average molecular weight is 327 g/mol. The molecule has 0 amide bonds. The Balaban J connectivity index is 1.83. The molecule has 1 aromatic heterocycles. The van der Waals surface area contributed by atoms with Gasteiger partial charge in [0.2, 0.25) is 0 Å². The van der Waals surface area contributed by atoms with Crippen LogP contribution in [0.5, 0.6) is 11.6 Å². The Morgan fingerprint density at radius 2 is 2.21 bits per heavy atom. The van der Waals surface area contributed by atoms with Gasteiger partial charge in [0.25, 0.3) is 5.88 Å². The number of benzene rings is 1. The topological polar surface area (TPSA) is 56.5 Å². The second-order valence-electron chi connectivity index (χ2n) is 3.83. The molecule has 0 atom stereocenters. The second-order valence-corrected chi connectivity index (χ2v) is 4.75. The normalized spacial score (nSPS) is 10.4. The Morgan fingerprint density at radius 3 is 3.00 bits per heavy atom. The maximum absolute atomic E-state index is 5.58. The number of halogens is 1. The minimum atomic E-state index is 0.318. The lowest BCUT2D eigenvalue weighted by molar-refractivity contribution is 0.238. The summed E-state index contributed by atoms with van der Waals surface area (Å²) in [6.07, 6.45) is 0. The van der Waals surface area contributed by atoms with Crippen molar-refractivity contribution in [2.45, 2.75) is 6.61 Å². The molecule has 6 heteroatoms. The molecule has 2 rings (SSSR count). The van der Waals surface area contributed by atoms with E-state index in [1.54, 1.807) is 6.07 Å². The SMILES string of the molecule is CNCCOc1cc(COc2cccc(Br)c2)on1. The molecule has 0 aliphatic rings. The number of ether oxygens (including phenoxy) is 2. The molecule has 1 heterocycles. The summed E-state index contributed by atoms with van der Waals surface area (Å²) in [5.41, 5.74) is 0. The van der Waals surface area contributed by atoms with E-state index < -0.39 is 0 Å². The van der Waals surface area contributed by atoms with Crippen molar-refractivity contribution in [1.82, 2.24) is 10.5 Å². The van der Waals surface area contributed by atoms with E-state index in [-0.39, 0.29) is 0 Å². The zero-order chi connectivity index (χ0) is 13.5. The van der Waals surface area contributed by atoms with Crippen LogP contribution >= 0.6 is 15.9 Å². The molecule has 0 radical (unpaired) electrons. The van der Waals surface area contributed by atoms with Crippen molar-refractivity contribution in [3.05, 3.63) is 40.6 Å². The summed E-state index contributed by atoms with van der Waals surface area (Å²) in [4.78, 5) is 0. The molecule has 1 aromatic carbocycles. The largest absolute Gasteiger partial charge is 0.486 e. The quantitative estimate of drug-likeness (QED) is 0.792. The van der Waals surface area contributed by atoms with Crippen LogP contribution in [-0.4, -0.2) is 25.4 Å². The van der Waals surface area contributed by atoms with Gasteiger partial charge in [0.1, 0.15) is 19.0 Å². The van der Waals surface area contributed by atoms with Crippen molar-refractivity contribution in [2.24, 2.45) is 0 Å². The van der Waals surface area contributed by atoms with Gasteiger partial charge in [0.05, 0.1) is 0 Å². The third kappa shape index (κ3) is 4.57. The summed E-state index contributed by atoms with van der Waals surface area (Å²) in [7, 11) is 1.86. The Hall–Kier alpha value is -1.53. The average Bonchev–Trinajstić information content (AvgIpc) is 2.85. The first-order chi connectivity index (χ1) is 9.28. The van der Waals surface area contributed by atoms with Gasteiger partial charge in [-0.1, -0.05) is 22.0 Å². The Bertz CT molecular complexity index is 516. The minimum absolute atomic E-state index is 0.318. The van der Waals surface area contributed by atoms with Crippen molar-refractivity contribution in [1.29, 1.82) is 0 Å². The summed E-state index contributed by atoms with van der Waals surface area (Å²) in [5.74, 6) is 1.87. The highest BCUT2D eigenvalue weighted by molar-refractivity contribution is 9.10. The molecule has 0 aliphatic carbocycles. The number of nitrogens with zero attached hydrogens (tertiary/aromatic N) is 1. The first-order valence-corrected chi connectivity index (χ1v) is 6.68. The molecule has 0 fully saturated rings. The highest BCUT2D eigenvalue weighted by Crippen LogP contribution is 2.19. The summed E-state index contributed by atoms with van der Waals surface area (Å²) in [5, 5.41) is 6.79. The van der Waals surface area contributed by atoms with Crippen LogP contribution < -0.4 is 14.8 Å². The first kappa shape index (κ1) is 13.9. The van der Waals surface area contributed by atoms with Crippen LogP contribution in [0.15, 0.2) is 39.3 Å². The Labute approximate surface area is 120 Å². The van der Waals surface area contributed by atoms with Crippen molar-refractivity contribution in [3.8, 4) is 11.6 Å². The molecular weight excluding hydrogens is 312 g/mol. The maximum atomic E-state index is 5.58. The molecule has 2 aromatic rings. The predicted molar refractivity (Wildman–Crippen MR) is 74.4 cm³/mol. The van der Waals surface area contributed by atoms with E-state index in [2.05, 4.69) is 26.4 Å². The van der Waals surface area contributed by atoms with Gasteiger partial charge in [-0.05, 0) is 30.4 Å². The van der Waals surface area contributed by atoms with Crippen LogP contribution in [0.25, 0.3) is 0 Å². The number of rotatable bonds is 7. The molecule has 0 aliphatic heterocycles. The third-order valence-electron chi connectivity index (χ3n) is 2.32. The van der Waals surface area contributed by atoms with E-state index in [4.69, 9.17) is 14.0 Å². The number of likely N-dealkylation sites (N-methyl/N-ethyl adjacent to an activating group) is 1. The molecule has 0 saturated carbocycles. The van der Waals surface area contributed by atoms with E-state index in [0.717, 1.165) is 16.8 Å². The van der Waals surface area contributed by atoms with Gasteiger partial charge in [-0.25, -0.2) is 0 Å². The minimum Gasteiger partial charge on any atom is -0.486 e. The number of nitrogens with one attached hydrogen (secondary N) is 1. The monoisotopic (exact) mass is 326 g/mol. The predicted octanol–water partition coefficient (Wildman–Crippen LogP) is 2.61. The molecule has 102 valence electrons. The number of hydrogen-bond donors (Lipinski definition) is 1. The molecule has 0 saturated heterocycles. The van der Waals surface area contributed by atoms with Gasteiger partial charge >= 0.3 is 0 Å². The van der Waals surface area contributed by atoms with E-state index >= 15 is 0 Å². The van der Waals surface area contributed by atoms with Crippen LogP contribution in [0, 0.1) is 0 Å².